The maximum absolute atomic E-state index is 13.5. The molecule has 0 aromatic heterocycles. The maximum Gasteiger partial charge on any atom is 0.389 e. The van der Waals surface area contributed by atoms with Gasteiger partial charge in [-0.1, -0.05) is 12.5 Å². The molecule has 0 fully saturated rings. The van der Waals surface area contributed by atoms with Gasteiger partial charge in [0.05, 0.1) is 5.69 Å². The van der Waals surface area contributed by atoms with E-state index in [2.05, 4.69) is 4.99 Å². The molecule has 0 aliphatic rings. The predicted octanol–water partition coefficient (Wildman–Crippen LogP) is 4.46. The van der Waals surface area contributed by atoms with E-state index in [1.165, 1.54) is 18.2 Å². The van der Waals surface area contributed by atoms with Crippen LogP contribution < -0.4 is 0 Å². The second-order valence-electron chi connectivity index (χ2n) is 4.15. The van der Waals surface area contributed by atoms with Crippen molar-refractivity contribution in [3.8, 4) is 0 Å². The SMILES string of the molecule is O=C=Nc1ccc(CCCCCC(F)(F)F)c(F)c1. The first-order chi connectivity index (χ1) is 8.92. The third kappa shape index (κ3) is 6.15. The van der Waals surface area contributed by atoms with Crippen LogP contribution in [0, 0.1) is 5.82 Å². The van der Waals surface area contributed by atoms with Crippen LogP contribution in [0.25, 0.3) is 0 Å². The molecular formula is C13H13F4NO. The number of aryl methyl sites for hydroxylation is 1. The molecule has 0 unspecified atom stereocenters. The molecule has 0 N–H and O–H groups in total. The highest BCUT2D eigenvalue weighted by molar-refractivity contribution is 5.49. The molecule has 0 radical (unpaired) electrons. The summed E-state index contributed by atoms with van der Waals surface area (Å²) in [5.41, 5.74) is 0.588. The fraction of sp³-hybridized carbons (Fsp3) is 0.462. The predicted molar refractivity (Wildman–Crippen MR) is 62.4 cm³/mol. The van der Waals surface area contributed by atoms with Gasteiger partial charge < -0.3 is 0 Å². The lowest BCUT2D eigenvalue weighted by Gasteiger charge is -2.06. The van der Waals surface area contributed by atoms with Gasteiger partial charge in [0.25, 0.3) is 0 Å². The Balaban J connectivity index is 2.39. The number of unbranched alkanes of at least 4 members (excludes halogenated alkanes) is 2. The average Bonchev–Trinajstić information content (AvgIpc) is 2.30. The number of hydrogen-bond acceptors (Lipinski definition) is 2. The Morgan fingerprint density at radius 1 is 1.16 bits per heavy atom. The van der Waals surface area contributed by atoms with Crippen LogP contribution in [0.5, 0.6) is 0 Å². The van der Waals surface area contributed by atoms with E-state index < -0.39 is 18.4 Å². The quantitative estimate of drug-likeness (QED) is 0.326. The minimum atomic E-state index is -4.13. The zero-order valence-electron chi connectivity index (χ0n) is 10.1. The molecule has 0 heterocycles. The van der Waals surface area contributed by atoms with E-state index in [0.717, 1.165) is 6.07 Å². The van der Waals surface area contributed by atoms with Crippen LogP contribution in [-0.4, -0.2) is 12.3 Å². The number of halogens is 4. The highest BCUT2D eigenvalue weighted by Gasteiger charge is 2.25. The molecule has 0 saturated carbocycles. The maximum atomic E-state index is 13.5. The molecule has 1 rings (SSSR count). The minimum Gasteiger partial charge on any atom is -0.211 e. The summed E-state index contributed by atoms with van der Waals surface area (Å²) < 4.78 is 49.2. The van der Waals surface area contributed by atoms with Crippen molar-refractivity contribution in [2.45, 2.75) is 38.3 Å². The largest absolute Gasteiger partial charge is 0.389 e. The van der Waals surface area contributed by atoms with Gasteiger partial charge in [-0.05, 0) is 30.9 Å². The Morgan fingerprint density at radius 3 is 2.47 bits per heavy atom. The van der Waals surface area contributed by atoms with Crippen molar-refractivity contribution in [2.75, 3.05) is 0 Å². The first-order valence-corrected chi connectivity index (χ1v) is 5.85. The molecule has 0 bridgehead atoms. The second kappa shape index (κ2) is 7.04. The van der Waals surface area contributed by atoms with E-state index >= 15 is 0 Å². The normalized spacial score (nSPS) is 11.2. The van der Waals surface area contributed by atoms with Crippen molar-refractivity contribution in [1.82, 2.24) is 0 Å². The number of aliphatic imine (C=N–C) groups is 1. The average molecular weight is 275 g/mol. The van der Waals surface area contributed by atoms with Crippen LogP contribution in [0.2, 0.25) is 0 Å². The van der Waals surface area contributed by atoms with E-state index in [1.54, 1.807) is 0 Å². The Bertz CT molecular complexity index is 464. The highest BCUT2D eigenvalue weighted by atomic mass is 19.4. The molecule has 0 spiro atoms. The molecule has 19 heavy (non-hydrogen) atoms. The fourth-order valence-corrected chi connectivity index (χ4v) is 1.68. The number of benzene rings is 1. The summed E-state index contributed by atoms with van der Waals surface area (Å²) in [7, 11) is 0. The van der Waals surface area contributed by atoms with E-state index in [0.29, 0.717) is 24.8 Å². The molecular weight excluding hydrogens is 262 g/mol. The number of rotatable bonds is 6. The van der Waals surface area contributed by atoms with Crippen LogP contribution in [-0.2, 0) is 11.2 Å². The van der Waals surface area contributed by atoms with Crippen LogP contribution in [0.3, 0.4) is 0 Å². The highest BCUT2D eigenvalue weighted by Crippen LogP contribution is 2.23. The van der Waals surface area contributed by atoms with Crippen molar-refractivity contribution in [2.24, 2.45) is 4.99 Å². The van der Waals surface area contributed by atoms with Gasteiger partial charge >= 0.3 is 6.18 Å². The van der Waals surface area contributed by atoms with Crippen molar-refractivity contribution < 1.29 is 22.4 Å². The van der Waals surface area contributed by atoms with E-state index in [1.807, 2.05) is 0 Å². The zero-order chi connectivity index (χ0) is 14.3. The molecule has 2 nitrogen and oxygen atoms in total. The standard InChI is InChI=1S/C13H13F4NO/c14-12-8-11(18-9-19)6-5-10(12)4-2-1-3-7-13(15,16)17/h5-6,8H,1-4,7H2. The number of hydrogen-bond donors (Lipinski definition) is 0. The van der Waals surface area contributed by atoms with Gasteiger partial charge in [-0.3, -0.25) is 0 Å². The molecule has 6 heteroatoms. The van der Waals surface area contributed by atoms with Crippen molar-refractivity contribution >= 4 is 11.8 Å². The summed E-state index contributed by atoms with van der Waals surface area (Å²) in [6.45, 7) is 0. The second-order valence-corrected chi connectivity index (χ2v) is 4.15. The fourth-order valence-electron chi connectivity index (χ4n) is 1.68. The van der Waals surface area contributed by atoms with Gasteiger partial charge in [-0.25, -0.2) is 9.18 Å². The number of isocyanates is 1. The van der Waals surface area contributed by atoms with Gasteiger partial charge in [-0.2, -0.15) is 18.2 Å². The summed E-state index contributed by atoms with van der Waals surface area (Å²) >= 11 is 0. The molecule has 1 aromatic carbocycles. The number of carbonyl (C=O) groups excluding carboxylic acids is 1. The van der Waals surface area contributed by atoms with Gasteiger partial charge in [0.15, 0.2) is 0 Å². The molecule has 104 valence electrons. The molecule has 0 atom stereocenters. The van der Waals surface area contributed by atoms with E-state index in [4.69, 9.17) is 0 Å². The van der Waals surface area contributed by atoms with Crippen molar-refractivity contribution in [1.29, 1.82) is 0 Å². The lowest BCUT2D eigenvalue weighted by molar-refractivity contribution is -0.135. The van der Waals surface area contributed by atoms with Crippen molar-refractivity contribution in [3.63, 3.8) is 0 Å². The van der Waals surface area contributed by atoms with Gasteiger partial charge in [0.2, 0.25) is 6.08 Å². The van der Waals surface area contributed by atoms with Crippen molar-refractivity contribution in [3.05, 3.63) is 29.6 Å². The third-order valence-corrected chi connectivity index (χ3v) is 2.62. The molecule has 0 aliphatic heterocycles. The number of nitrogens with zero attached hydrogens (tertiary/aromatic N) is 1. The smallest absolute Gasteiger partial charge is 0.211 e. The van der Waals surface area contributed by atoms with Gasteiger partial charge in [-0.15, -0.1) is 0 Å². The monoisotopic (exact) mass is 275 g/mol. The summed E-state index contributed by atoms with van der Waals surface area (Å²) in [4.78, 5) is 13.3. The number of alkyl halides is 3. The van der Waals surface area contributed by atoms with Gasteiger partial charge in [0.1, 0.15) is 5.82 Å². The van der Waals surface area contributed by atoms with E-state index in [9.17, 15) is 22.4 Å². The lowest BCUT2D eigenvalue weighted by Crippen LogP contribution is -2.06. The summed E-state index contributed by atoms with van der Waals surface area (Å²) in [6.07, 6.45) is -2.31. The summed E-state index contributed by atoms with van der Waals surface area (Å²) in [5, 5.41) is 0. The lowest BCUT2D eigenvalue weighted by atomic mass is 10.1. The van der Waals surface area contributed by atoms with Crippen LogP contribution in [0.4, 0.5) is 23.2 Å². The Hall–Kier alpha value is -1.68. The van der Waals surface area contributed by atoms with Crippen LogP contribution in [0.1, 0.15) is 31.2 Å². The van der Waals surface area contributed by atoms with E-state index in [-0.39, 0.29) is 12.1 Å². The minimum absolute atomic E-state index is 0.0542. The molecule has 0 aliphatic carbocycles. The van der Waals surface area contributed by atoms with Crippen LogP contribution >= 0.6 is 0 Å². The Morgan fingerprint density at radius 2 is 1.89 bits per heavy atom. The van der Waals surface area contributed by atoms with Crippen LogP contribution in [0.15, 0.2) is 23.2 Å². The Labute approximate surface area is 108 Å². The first kappa shape index (κ1) is 15.4. The first-order valence-electron chi connectivity index (χ1n) is 5.85. The van der Waals surface area contributed by atoms with Gasteiger partial charge in [0, 0.05) is 12.5 Å². The summed E-state index contributed by atoms with van der Waals surface area (Å²) in [6, 6.07) is 4.06. The molecule has 1 aromatic rings. The zero-order valence-corrected chi connectivity index (χ0v) is 10.1. The Kier molecular flexibility index (Phi) is 5.70. The summed E-state index contributed by atoms with van der Waals surface area (Å²) in [5.74, 6) is -0.507. The molecule has 0 amide bonds. The third-order valence-electron chi connectivity index (χ3n) is 2.62. The topological polar surface area (TPSA) is 29.4 Å². The molecule has 0 saturated heterocycles.